The molecule has 0 aliphatic rings. The minimum atomic E-state index is -0.285. The zero-order chi connectivity index (χ0) is 8.81. The number of hydrogen-bond donors (Lipinski definition) is 2. The minimum absolute atomic E-state index is 0.285. The van der Waals surface area contributed by atoms with Crippen LogP contribution < -0.4 is 11.3 Å². The van der Waals surface area contributed by atoms with Gasteiger partial charge in [0.25, 0.3) is 0 Å². The van der Waals surface area contributed by atoms with Gasteiger partial charge in [-0.25, -0.2) is 5.43 Å². The molecule has 3 heteroatoms. The van der Waals surface area contributed by atoms with Crippen molar-refractivity contribution in [2.24, 2.45) is 5.84 Å². The summed E-state index contributed by atoms with van der Waals surface area (Å²) in [6, 6.07) is 9.46. The van der Waals surface area contributed by atoms with E-state index >= 15 is 0 Å². The molecule has 0 aliphatic heterocycles. The van der Waals surface area contributed by atoms with Crippen LogP contribution in [0.5, 0.6) is 0 Å². The topological polar surface area (TPSA) is 55.1 Å². The molecule has 3 N–H and O–H groups in total. The number of carbonyl (C=O) groups is 1. The van der Waals surface area contributed by atoms with Gasteiger partial charge in [-0.3, -0.25) is 5.84 Å². The van der Waals surface area contributed by atoms with Crippen LogP contribution in [0.25, 0.3) is 0 Å². The van der Waals surface area contributed by atoms with Crippen molar-refractivity contribution in [2.45, 2.75) is 12.5 Å². The Morgan fingerprint density at radius 3 is 2.58 bits per heavy atom. The number of hydrazine groups is 1. The third-order valence-corrected chi connectivity index (χ3v) is 1.68. The average Bonchev–Trinajstić information content (AvgIpc) is 2.16. The van der Waals surface area contributed by atoms with Gasteiger partial charge in [0.2, 0.25) is 0 Å². The van der Waals surface area contributed by atoms with Crippen molar-refractivity contribution < 1.29 is 4.79 Å². The van der Waals surface area contributed by atoms with Gasteiger partial charge in [0, 0.05) is 0 Å². The Labute approximate surface area is 71.5 Å². The average molecular weight is 164 g/mol. The Morgan fingerprint density at radius 2 is 2.08 bits per heavy atom. The normalized spacial score (nSPS) is 12.4. The Balaban J connectivity index is 2.56. The van der Waals surface area contributed by atoms with E-state index in [2.05, 4.69) is 5.43 Å². The lowest BCUT2D eigenvalue weighted by Crippen LogP contribution is -2.37. The minimum Gasteiger partial charge on any atom is -0.302 e. The molecule has 1 aromatic rings. The quantitative estimate of drug-likeness (QED) is 0.381. The number of nitrogens with two attached hydrogens (primary N) is 1. The Kier molecular flexibility index (Phi) is 3.44. The van der Waals surface area contributed by atoms with E-state index in [0.29, 0.717) is 6.42 Å². The molecule has 0 aromatic heterocycles. The maximum atomic E-state index is 10.4. The van der Waals surface area contributed by atoms with Crippen LogP contribution in [0.4, 0.5) is 0 Å². The van der Waals surface area contributed by atoms with Crippen LogP contribution in [0.2, 0.25) is 0 Å². The van der Waals surface area contributed by atoms with Crippen molar-refractivity contribution in [3.05, 3.63) is 35.9 Å². The SMILES string of the molecule is NNC(C=O)Cc1ccccc1. The fourth-order valence-corrected chi connectivity index (χ4v) is 1.01. The van der Waals surface area contributed by atoms with Crippen molar-refractivity contribution in [1.29, 1.82) is 0 Å². The maximum absolute atomic E-state index is 10.4. The van der Waals surface area contributed by atoms with Gasteiger partial charge in [0.1, 0.15) is 6.29 Å². The summed E-state index contributed by atoms with van der Waals surface area (Å²) >= 11 is 0. The molecule has 0 amide bonds. The molecular formula is C9H12N2O. The van der Waals surface area contributed by atoms with Crippen LogP contribution in [0.3, 0.4) is 0 Å². The lowest BCUT2D eigenvalue weighted by atomic mass is 10.1. The molecule has 1 unspecified atom stereocenters. The number of rotatable bonds is 4. The van der Waals surface area contributed by atoms with Crippen molar-refractivity contribution in [1.82, 2.24) is 5.43 Å². The summed E-state index contributed by atoms with van der Waals surface area (Å²) in [5, 5.41) is 0. The van der Waals surface area contributed by atoms with E-state index in [4.69, 9.17) is 5.84 Å². The molecule has 0 aliphatic carbocycles. The number of aldehydes is 1. The van der Waals surface area contributed by atoms with Crippen LogP contribution in [0.1, 0.15) is 5.56 Å². The third kappa shape index (κ3) is 2.45. The highest BCUT2D eigenvalue weighted by atomic mass is 16.1. The largest absolute Gasteiger partial charge is 0.302 e. The second-order valence-electron chi connectivity index (χ2n) is 2.60. The van der Waals surface area contributed by atoms with Crippen LogP contribution in [0, 0.1) is 0 Å². The molecule has 0 heterocycles. The standard InChI is InChI=1S/C9H12N2O/c10-11-9(7-12)6-8-4-2-1-3-5-8/h1-5,7,9,11H,6,10H2. The zero-order valence-corrected chi connectivity index (χ0v) is 6.73. The Hall–Kier alpha value is -1.19. The fraction of sp³-hybridized carbons (Fsp3) is 0.222. The Morgan fingerprint density at radius 1 is 1.42 bits per heavy atom. The van der Waals surface area contributed by atoms with E-state index in [1.807, 2.05) is 30.3 Å². The van der Waals surface area contributed by atoms with Gasteiger partial charge in [-0.05, 0) is 12.0 Å². The van der Waals surface area contributed by atoms with Crippen LogP contribution in [-0.2, 0) is 11.2 Å². The predicted molar refractivity (Wildman–Crippen MR) is 47.3 cm³/mol. The van der Waals surface area contributed by atoms with Gasteiger partial charge in [0.05, 0.1) is 6.04 Å². The summed E-state index contributed by atoms with van der Waals surface area (Å²) in [5.41, 5.74) is 3.54. The molecule has 1 atom stereocenters. The van der Waals surface area contributed by atoms with Crippen LogP contribution in [0.15, 0.2) is 30.3 Å². The molecule has 0 spiro atoms. The summed E-state index contributed by atoms with van der Waals surface area (Å²) in [7, 11) is 0. The summed E-state index contributed by atoms with van der Waals surface area (Å²) in [6.07, 6.45) is 1.45. The molecular weight excluding hydrogens is 152 g/mol. The molecule has 0 radical (unpaired) electrons. The monoisotopic (exact) mass is 164 g/mol. The van der Waals surface area contributed by atoms with E-state index in [9.17, 15) is 4.79 Å². The highest BCUT2D eigenvalue weighted by Gasteiger charge is 2.03. The first kappa shape index (κ1) is 8.90. The molecule has 3 nitrogen and oxygen atoms in total. The molecule has 0 saturated heterocycles. The van der Waals surface area contributed by atoms with Gasteiger partial charge >= 0.3 is 0 Å². The van der Waals surface area contributed by atoms with Gasteiger partial charge in [-0.15, -0.1) is 0 Å². The highest BCUT2D eigenvalue weighted by Crippen LogP contribution is 2.00. The number of benzene rings is 1. The summed E-state index contributed by atoms with van der Waals surface area (Å²) in [4.78, 5) is 10.4. The first-order valence-corrected chi connectivity index (χ1v) is 3.82. The van der Waals surface area contributed by atoms with Gasteiger partial charge in [-0.2, -0.15) is 0 Å². The van der Waals surface area contributed by atoms with E-state index in [0.717, 1.165) is 11.8 Å². The van der Waals surface area contributed by atoms with Gasteiger partial charge in [-0.1, -0.05) is 30.3 Å². The second-order valence-corrected chi connectivity index (χ2v) is 2.60. The van der Waals surface area contributed by atoms with Crippen molar-refractivity contribution >= 4 is 6.29 Å². The predicted octanol–water partition coefficient (Wildman–Crippen LogP) is 0.260. The molecule has 12 heavy (non-hydrogen) atoms. The maximum Gasteiger partial charge on any atom is 0.138 e. The molecule has 0 saturated carbocycles. The molecule has 1 rings (SSSR count). The first-order valence-electron chi connectivity index (χ1n) is 3.82. The van der Waals surface area contributed by atoms with Crippen LogP contribution in [-0.4, -0.2) is 12.3 Å². The third-order valence-electron chi connectivity index (χ3n) is 1.68. The molecule has 1 aromatic carbocycles. The molecule has 0 fully saturated rings. The smallest absolute Gasteiger partial charge is 0.138 e. The summed E-state index contributed by atoms with van der Waals surface area (Å²) in [5.74, 6) is 5.15. The van der Waals surface area contributed by atoms with Crippen molar-refractivity contribution in [2.75, 3.05) is 0 Å². The first-order chi connectivity index (χ1) is 5.86. The van der Waals surface area contributed by atoms with Crippen LogP contribution >= 0.6 is 0 Å². The molecule has 0 bridgehead atoms. The van der Waals surface area contributed by atoms with E-state index < -0.39 is 0 Å². The van der Waals surface area contributed by atoms with Gasteiger partial charge < -0.3 is 4.79 Å². The number of carbonyl (C=O) groups excluding carboxylic acids is 1. The summed E-state index contributed by atoms with van der Waals surface area (Å²) < 4.78 is 0. The van der Waals surface area contributed by atoms with Gasteiger partial charge in [0.15, 0.2) is 0 Å². The Bertz CT molecular complexity index is 236. The zero-order valence-electron chi connectivity index (χ0n) is 6.73. The van der Waals surface area contributed by atoms with E-state index in [-0.39, 0.29) is 6.04 Å². The lowest BCUT2D eigenvalue weighted by molar-refractivity contribution is -0.109. The van der Waals surface area contributed by atoms with E-state index in [1.165, 1.54) is 0 Å². The second kappa shape index (κ2) is 4.64. The number of hydrogen-bond acceptors (Lipinski definition) is 3. The number of nitrogens with one attached hydrogen (secondary N) is 1. The fourth-order valence-electron chi connectivity index (χ4n) is 1.01. The highest BCUT2D eigenvalue weighted by molar-refractivity contribution is 5.58. The lowest BCUT2D eigenvalue weighted by Gasteiger charge is -2.07. The molecule has 64 valence electrons. The van der Waals surface area contributed by atoms with Crippen molar-refractivity contribution in [3.8, 4) is 0 Å². The van der Waals surface area contributed by atoms with E-state index in [1.54, 1.807) is 0 Å². The van der Waals surface area contributed by atoms with Crippen molar-refractivity contribution in [3.63, 3.8) is 0 Å². The summed E-state index contributed by atoms with van der Waals surface area (Å²) in [6.45, 7) is 0.